The normalized spacial score (nSPS) is 19.1. The molecule has 0 aliphatic carbocycles. The molecule has 1 saturated heterocycles. The number of rotatable bonds is 1. The van der Waals surface area contributed by atoms with Crippen LogP contribution in [0.3, 0.4) is 0 Å². The van der Waals surface area contributed by atoms with Gasteiger partial charge >= 0.3 is 0 Å². The molecule has 2 N–H and O–H groups in total. The summed E-state index contributed by atoms with van der Waals surface area (Å²) >= 11 is 0. The minimum Gasteiger partial charge on any atom is -0.504 e. The fourth-order valence-corrected chi connectivity index (χ4v) is 5.63. The number of aryl methyl sites for hydroxylation is 4. The van der Waals surface area contributed by atoms with Gasteiger partial charge in [0.1, 0.15) is 5.75 Å². The van der Waals surface area contributed by atoms with Crippen molar-refractivity contribution in [2.45, 2.75) is 38.6 Å². The second kappa shape index (κ2) is 9.16. The monoisotopic (exact) mass is 511 g/mol. The Kier molecular flexibility index (Phi) is 5.78. The van der Waals surface area contributed by atoms with Gasteiger partial charge in [-0.2, -0.15) is 5.10 Å². The van der Waals surface area contributed by atoms with Crippen molar-refractivity contribution in [3.05, 3.63) is 76.6 Å². The van der Waals surface area contributed by atoms with Crippen LogP contribution in [0.4, 0.5) is 0 Å². The molecule has 2 aromatic heterocycles. The van der Waals surface area contributed by atoms with Crippen molar-refractivity contribution in [2.75, 3.05) is 13.1 Å². The van der Waals surface area contributed by atoms with Gasteiger partial charge in [-0.05, 0) is 61.7 Å². The summed E-state index contributed by atoms with van der Waals surface area (Å²) in [5, 5.41) is 18.8. The molecule has 9 heteroatoms. The zero-order valence-electron chi connectivity index (χ0n) is 21.6. The molecule has 4 aromatic rings. The highest BCUT2D eigenvalue weighted by Crippen LogP contribution is 2.36. The summed E-state index contributed by atoms with van der Waals surface area (Å²) in [7, 11) is 1.83. The summed E-state index contributed by atoms with van der Waals surface area (Å²) in [6.07, 6.45) is 0.798. The lowest BCUT2D eigenvalue weighted by molar-refractivity contribution is -0.121. The van der Waals surface area contributed by atoms with E-state index in [2.05, 4.69) is 15.4 Å². The first kappa shape index (κ1) is 24.0. The lowest BCUT2D eigenvalue weighted by Crippen LogP contribution is -2.40. The summed E-state index contributed by atoms with van der Waals surface area (Å²) in [6, 6.07) is 14.3. The van der Waals surface area contributed by atoms with Gasteiger partial charge in [-0.15, -0.1) is 0 Å². The van der Waals surface area contributed by atoms with E-state index in [1.165, 1.54) is 0 Å². The van der Waals surface area contributed by atoms with E-state index in [-0.39, 0.29) is 35.9 Å². The Bertz CT molecular complexity index is 1590. The molecule has 4 heterocycles. The van der Waals surface area contributed by atoms with E-state index >= 15 is 0 Å². The van der Waals surface area contributed by atoms with E-state index < -0.39 is 0 Å². The fourth-order valence-electron chi connectivity index (χ4n) is 5.63. The number of phenolic OH excluding ortho intramolecular Hbond substituents is 1. The van der Waals surface area contributed by atoms with Crippen molar-refractivity contribution in [1.82, 2.24) is 25.0 Å². The molecule has 4 bridgehead atoms. The van der Waals surface area contributed by atoms with Crippen LogP contribution in [0.25, 0.3) is 11.0 Å². The number of ether oxygens (including phenoxy) is 1. The van der Waals surface area contributed by atoms with Crippen LogP contribution >= 0.6 is 0 Å². The van der Waals surface area contributed by atoms with Crippen LogP contribution in [0.5, 0.6) is 17.2 Å². The van der Waals surface area contributed by atoms with Crippen LogP contribution in [0.2, 0.25) is 0 Å². The first-order valence-electron chi connectivity index (χ1n) is 12.8. The third kappa shape index (κ3) is 4.23. The molecule has 0 unspecified atom stereocenters. The number of amides is 2. The molecule has 38 heavy (non-hydrogen) atoms. The third-order valence-corrected chi connectivity index (χ3v) is 7.46. The molecule has 9 nitrogen and oxygen atoms in total. The maximum Gasteiger partial charge on any atom is 0.254 e. The lowest BCUT2D eigenvalue weighted by atomic mass is 9.94. The number of hydrogen-bond acceptors (Lipinski definition) is 6. The molecule has 2 aliphatic heterocycles. The van der Waals surface area contributed by atoms with E-state index in [1.807, 2.05) is 56.1 Å². The zero-order valence-corrected chi connectivity index (χ0v) is 21.6. The minimum absolute atomic E-state index is 0.0404. The van der Waals surface area contributed by atoms with Crippen molar-refractivity contribution >= 4 is 22.8 Å². The number of nitrogens with zero attached hydrogens (tertiary/aromatic N) is 4. The Balaban J connectivity index is 1.37. The van der Waals surface area contributed by atoms with Gasteiger partial charge in [0.15, 0.2) is 17.1 Å². The van der Waals surface area contributed by atoms with E-state index in [1.54, 1.807) is 22.9 Å². The number of benzene rings is 2. The number of nitrogens with one attached hydrogen (secondary N) is 1. The number of fused-ring (bicyclic) bond motifs is 7. The van der Waals surface area contributed by atoms with Gasteiger partial charge in [0.25, 0.3) is 5.91 Å². The Hall–Kier alpha value is -4.40. The molecular formula is C29H29N5O4. The van der Waals surface area contributed by atoms with Crippen molar-refractivity contribution in [2.24, 2.45) is 7.05 Å². The average molecular weight is 512 g/mol. The fraction of sp³-hybridized carbons (Fsp3) is 0.310. The summed E-state index contributed by atoms with van der Waals surface area (Å²) < 4.78 is 7.75. The van der Waals surface area contributed by atoms with Crippen molar-refractivity contribution in [1.29, 1.82) is 0 Å². The number of aromatic nitrogens is 3. The largest absolute Gasteiger partial charge is 0.504 e. The molecule has 2 atom stereocenters. The molecule has 0 radical (unpaired) electrons. The third-order valence-electron chi connectivity index (χ3n) is 7.46. The molecule has 2 aliphatic rings. The Morgan fingerprint density at radius 1 is 1.11 bits per heavy atom. The number of pyridine rings is 1. The Morgan fingerprint density at radius 2 is 1.95 bits per heavy atom. The topological polar surface area (TPSA) is 110 Å². The summed E-state index contributed by atoms with van der Waals surface area (Å²) in [6.45, 7) is 4.58. The molecule has 0 saturated carbocycles. The highest BCUT2D eigenvalue weighted by Gasteiger charge is 2.38. The summed E-state index contributed by atoms with van der Waals surface area (Å²) in [5.41, 5.74) is 4.60. The molecule has 2 aromatic carbocycles. The lowest BCUT2D eigenvalue weighted by Gasteiger charge is -2.20. The summed E-state index contributed by atoms with van der Waals surface area (Å²) in [5.74, 6) is 0.665. The predicted octanol–water partition coefficient (Wildman–Crippen LogP) is 3.75. The van der Waals surface area contributed by atoms with Crippen molar-refractivity contribution in [3.63, 3.8) is 0 Å². The van der Waals surface area contributed by atoms with Crippen LogP contribution in [0, 0.1) is 13.8 Å². The number of aromatic hydroxyl groups is 1. The molecule has 2 amide bonds. The minimum atomic E-state index is -0.257. The standard InChI is InChI=1S/C29H29N5O4/c1-16-11-21(27-17(2)32-33(3)28(27)30-16)29(37)34-14-22-19-5-4-6-20(13-19)38-25-12-18(7-9-24(25)35)8-10-26(36)31-23(22)15-34/h4-7,9,11-13,22-23,35H,8,10,14-15H2,1-3H3,(H,31,36)/t22-,23+/m0/s1. The number of carbonyl (C=O) groups is 2. The number of likely N-dealkylation sites (tertiary alicyclic amines) is 1. The van der Waals surface area contributed by atoms with Crippen LogP contribution in [-0.2, 0) is 18.3 Å². The Labute approximate surface area is 220 Å². The van der Waals surface area contributed by atoms with Crippen LogP contribution < -0.4 is 10.1 Å². The van der Waals surface area contributed by atoms with Gasteiger partial charge in [-0.3, -0.25) is 14.3 Å². The maximum absolute atomic E-state index is 13.9. The first-order chi connectivity index (χ1) is 18.3. The molecule has 6 rings (SSSR count). The second-order valence-corrected chi connectivity index (χ2v) is 10.2. The van der Waals surface area contributed by atoms with Gasteiger partial charge in [0.2, 0.25) is 5.91 Å². The average Bonchev–Trinajstić information content (AvgIpc) is 3.43. The zero-order chi connectivity index (χ0) is 26.6. The molecule has 0 spiro atoms. The predicted molar refractivity (Wildman–Crippen MR) is 142 cm³/mol. The van der Waals surface area contributed by atoms with Crippen LogP contribution in [0.15, 0.2) is 48.5 Å². The second-order valence-electron chi connectivity index (χ2n) is 10.2. The van der Waals surface area contributed by atoms with E-state index in [9.17, 15) is 14.7 Å². The highest BCUT2D eigenvalue weighted by molar-refractivity contribution is 6.06. The smallest absolute Gasteiger partial charge is 0.254 e. The van der Waals surface area contributed by atoms with Crippen LogP contribution in [-0.4, -0.2) is 55.7 Å². The van der Waals surface area contributed by atoms with Gasteiger partial charge in [0.05, 0.1) is 22.7 Å². The number of phenols is 1. The first-order valence-corrected chi connectivity index (χ1v) is 12.8. The van der Waals surface area contributed by atoms with Crippen LogP contribution in [0.1, 0.15) is 45.2 Å². The number of carbonyl (C=O) groups excluding carboxylic acids is 2. The van der Waals surface area contributed by atoms with Gasteiger partial charge < -0.3 is 20.1 Å². The van der Waals surface area contributed by atoms with Crippen molar-refractivity contribution < 1.29 is 19.4 Å². The SMILES string of the molecule is Cc1cc(C(=O)N2C[C@H]3NC(=O)CCc4ccc(O)c(c4)Oc4cccc(c4)[C@@H]3C2)c2c(C)nn(C)c2n1. The van der Waals surface area contributed by atoms with E-state index in [0.29, 0.717) is 42.2 Å². The summed E-state index contributed by atoms with van der Waals surface area (Å²) in [4.78, 5) is 33.3. The van der Waals surface area contributed by atoms with Gasteiger partial charge in [-0.1, -0.05) is 18.2 Å². The van der Waals surface area contributed by atoms with E-state index in [0.717, 1.165) is 27.9 Å². The van der Waals surface area contributed by atoms with Gasteiger partial charge in [-0.25, -0.2) is 4.98 Å². The maximum atomic E-state index is 13.9. The quantitative estimate of drug-likeness (QED) is 0.403. The van der Waals surface area contributed by atoms with E-state index in [4.69, 9.17) is 4.74 Å². The number of hydrogen-bond donors (Lipinski definition) is 2. The molecule has 1 fully saturated rings. The van der Waals surface area contributed by atoms with Gasteiger partial charge in [0, 0.05) is 38.2 Å². The van der Waals surface area contributed by atoms with Crippen molar-refractivity contribution in [3.8, 4) is 17.2 Å². The highest BCUT2D eigenvalue weighted by atomic mass is 16.5. The molecular weight excluding hydrogens is 482 g/mol. The molecule has 194 valence electrons. The Morgan fingerprint density at radius 3 is 2.79 bits per heavy atom.